The van der Waals surface area contributed by atoms with Gasteiger partial charge in [0.05, 0.1) is 0 Å². The molecule has 0 rings (SSSR count). The van der Waals surface area contributed by atoms with Crippen LogP contribution in [0.15, 0.2) is 0 Å². The molecule has 0 aromatic carbocycles. The smallest absolute Gasteiger partial charge is 0.0466 e. The van der Waals surface area contributed by atoms with Gasteiger partial charge in [0, 0.05) is 19.3 Å². The van der Waals surface area contributed by atoms with Crippen LogP contribution in [-0.4, -0.2) is 25.8 Å². The molecule has 0 heterocycles. The molecular formula is C14H31NO. The highest BCUT2D eigenvalue weighted by Gasteiger charge is 1.98. The van der Waals surface area contributed by atoms with Gasteiger partial charge in [0.15, 0.2) is 0 Å². The molecule has 0 saturated carbocycles. The molecule has 0 fully saturated rings. The molecule has 0 amide bonds. The van der Waals surface area contributed by atoms with Crippen LogP contribution in [0.4, 0.5) is 0 Å². The second-order valence-electron chi connectivity index (χ2n) is 4.63. The molecule has 0 bridgehead atoms. The highest BCUT2D eigenvalue weighted by Crippen LogP contribution is 2.02. The van der Waals surface area contributed by atoms with E-state index in [-0.39, 0.29) is 0 Å². The SMILES string of the molecule is CCCCCCOCCCCC(C)NCC. The molecule has 1 N–H and O–H groups in total. The fourth-order valence-electron chi connectivity index (χ4n) is 1.84. The van der Waals surface area contributed by atoms with E-state index in [1.165, 1.54) is 44.9 Å². The van der Waals surface area contributed by atoms with E-state index in [0.29, 0.717) is 6.04 Å². The number of hydrogen-bond acceptors (Lipinski definition) is 2. The van der Waals surface area contributed by atoms with Crippen LogP contribution in [0.1, 0.15) is 65.7 Å². The van der Waals surface area contributed by atoms with E-state index in [4.69, 9.17) is 4.74 Å². The minimum Gasteiger partial charge on any atom is -0.381 e. The van der Waals surface area contributed by atoms with Crippen molar-refractivity contribution in [2.24, 2.45) is 0 Å². The van der Waals surface area contributed by atoms with Gasteiger partial charge in [0.1, 0.15) is 0 Å². The molecule has 0 aliphatic carbocycles. The molecule has 0 aliphatic heterocycles. The van der Waals surface area contributed by atoms with Crippen molar-refractivity contribution in [3.63, 3.8) is 0 Å². The number of nitrogens with one attached hydrogen (secondary N) is 1. The minimum atomic E-state index is 0.662. The van der Waals surface area contributed by atoms with Crippen molar-refractivity contribution in [3.8, 4) is 0 Å². The molecule has 0 aromatic heterocycles. The normalized spacial score (nSPS) is 12.9. The van der Waals surface area contributed by atoms with Crippen molar-refractivity contribution in [1.82, 2.24) is 5.32 Å². The van der Waals surface area contributed by atoms with Gasteiger partial charge in [-0.05, 0) is 39.2 Å². The molecule has 0 saturated heterocycles. The van der Waals surface area contributed by atoms with Crippen molar-refractivity contribution in [1.29, 1.82) is 0 Å². The van der Waals surface area contributed by atoms with Crippen LogP contribution in [0.25, 0.3) is 0 Å². The van der Waals surface area contributed by atoms with Crippen molar-refractivity contribution >= 4 is 0 Å². The van der Waals surface area contributed by atoms with Gasteiger partial charge >= 0.3 is 0 Å². The summed E-state index contributed by atoms with van der Waals surface area (Å²) < 4.78 is 5.60. The Bertz CT molecular complexity index is 128. The standard InChI is InChI=1S/C14H31NO/c1-4-6-7-9-12-16-13-10-8-11-14(3)15-5-2/h14-15H,4-13H2,1-3H3. The predicted molar refractivity (Wildman–Crippen MR) is 72.0 cm³/mol. The molecular weight excluding hydrogens is 198 g/mol. The Hall–Kier alpha value is -0.0800. The van der Waals surface area contributed by atoms with E-state index in [1.807, 2.05) is 0 Å². The summed E-state index contributed by atoms with van der Waals surface area (Å²) in [4.78, 5) is 0. The van der Waals surface area contributed by atoms with E-state index < -0.39 is 0 Å². The molecule has 1 atom stereocenters. The van der Waals surface area contributed by atoms with E-state index in [2.05, 4.69) is 26.1 Å². The second kappa shape index (κ2) is 13.0. The Balaban J connectivity index is 2.98. The number of unbranched alkanes of at least 4 members (excludes halogenated alkanes) is 4. The van der Waals surface area contributed by atoms with E-state index in [0.717, 1.165) is 19.8 Å². The molecule has 16 heavy (non-hydrogen) atoms. The Kier molecular flexibility index (Phi) is 12.9. The first kappa shape index (κ1) is 15.9. The topological polar surface area (TPSA) is 21.3 Å². The van der Waals surface area contributed by atoms with Crippen molar-refractivity contribution in [2.75, 3.05) is 19.8 Å². The Morgan fingerprint density at radius 3 is 2.25 bits per heavy atom. The highest BCUT2D eigenvalue weighted by atomic mass is 16.5. The fourth-order valence-corrected chi connectivity index (χ4v) is 1.84. The zero-order valence-electron chi connectivity index (χ0n) is 11.6. The van der Waals surface area contributed by atoms with Crippen LogP contribution in [0.3, 0.4) is 0 Å². The zero-order valence-corrected chi connectivity index (χ0v) is 11.6. The lowest BCUT2D eigenvalue weighted by atomic mass is 10.1. The molecule has 2 nitrogen and oxygen atoms in total. The molecule has 98 valence electrons. The van der Waals surface area contributed by atoms with Crippen LogP contribution in [-0.2, 0) is 4.74 Å². The Morgan fingerprint density at radius 1 is 0.938 bits per heavy atom. The van der Waals surface area contributed by atoms with Crippen LogP contribution < -0.4 is 5.32 Å². The summed E-state index contributed by atoms with van der Waals surface area (Å²) in [5.74, 6) is 0. The second-order valence-corrected chi connectivity index (χ2v) is 4.63. The number of rotatable bonds is 12. The van der Waals surface area contributed by atoms with Crippen LogP contribution in [0.5, 0.6) is 0 Å². The highest BCUT2D eigenvalue weighted by molar-refractivity contribution is 4.58. The first-order valence-corrected chi connectivity index (χ1v) is 7.12. The molecule has 0 radical (unpaired) electrons. The van der Waals surface area contributed by atoms with Crippen molar-refractivity contribution in [3.05, 3.63) is 0 Å². The fraction of sp³-hybridized carbons (Fsp3) is 1.00. The minimum absolute atomic E-state index is 0.662. The number of ether oxygens (including phenoxy) is 1. The van der Waals surface area contributed by atoms with Crippen LogP contribution >= 0.6 is 0 Å². The van der Waals surface area contributed by atoms with E-state index in [1.54, 1.807) is 0 Å². The summed E-state index contributed by atoms with van der Waals surface area (Å²) in [7, 11) is 0. The third-order valence-electron chi connectivity index (χ3n) is 2.87. The zero-order chi connectivity index (χ0) is 12.1. The van der Waals surface area contributed by atoms with E-state index in [9.17, 15) is 0 Å². The van der Waals surface area contributed by atoms with Crippen molar-refractivity contribution < 1.29 is 4.74 Å². The van der Waals surface area contributed by atoms with Gasteiger partial charge in [-0.3, -0.25) is 0 Å². The maximum atomic E-state index is 5.60. The molecule has 0 spiro atoms. The third kappa shape index (κ3) is 12.0. The van der Waals surface area contributed by atoms with Gasteiger partial charge in [-0.25, -0.2) is 0 Å². The Morgan fingerprint density at radius 2 is 1.62 bits per heavy atom. The van der Waals surface area contributed by atoms with Gasteiger partial charge in [0.25, 0.3) is 0 Å². The summed E-state index contributed by atoms with van der Waals surface area (Å²) >= 11 is 0. The maximum absolute atomic E-state index is 5.60. The summed E-state index contributed by atoms with van der Waals surface area (Å²) in [5, 5.41) is 3.43. The quantitative estimate of drug-likeness (QED) is 0.515. The van der Waals surface area contributed by atoms with Gasteiger partial charge in [-0.15, -0.1) is 0 Å². The van der Waals surface area contributed by atoms with Gasteiger partial charge < -0.3 is 10.1 Å². The van der Waals surface area contributed by atoms with Crippen LogP contribution in [0.2, 0.25) is 0 Å². The van der Waals surface area contributed by atoms with Gasteiger partial charge in [0.2, 0.25) is 0 Å². The van der Waals surface area contributed by atoms with Crippen molar-refractivity contribution in [2.45, 2.75) is 71.8 Å². The predicted octanol–water partition coefficient (Wildman–Crippen LogP) is 3.75. The summed E-state index contributed by atoms with van der Waals surface area (Å²) in [6, 6.07) is 0.662. The first-order valence-electron chi connectivity index (χ1n) is 7.12. The lowest BCUT2D eigenvalue weighted by Crippen LogP contribution is -2.25. The van der Waals surface area contributed by atoms with Gasteiger partial charge in [-0.1, -0.05) is 33.1 Å². The van der Waals surface area contributed by atoms with Crippen LogP contribution in [0, 0.1) is 0 Å². The Labute approximate surface area is 102 Å². The first-order chi connectivity index (χ1) is 7.81. The lowest BCUT2D eigenvalue weighted by molar-refractivity contribution is 0.125. The average molecular weight is 229 g/mol. The lowest BCUT2D eigenvalue weighted by Gasteiger charge is -2.11. The monoisotopic (exact) mass is 229 g/mol. The molecule has 0 aliphatic rings. The van der Waals surface area contributed by atoms with Gasteiger partial charge in [-0.2, -0.15) is 0 Å². The molecule has 2 heteroatoms. The summed E-state index contributed by atoms with van der Waals surface area (Å²) in [6.45, 7) is 9.65. The molecule has 1 unspecified atom stereocenters. The molecule has 0 aromatic rings. The summed E-state index contributed by atoms with van der Waals surface area (Å²) in [5.41, 5.74) is 0. The summed E-state index contributed by atoms with van der Waals surface area (Å²) in [6.07, 6.45) is 8.99. The largest absolute Gasteiger partial charge is 0.381 e. The van der Waals surface area contributed by atoms with E-state index >= 15 is 0 Å². The average Bonchev–Trinajstić information content (AvgIpc) is 2.27. The third-order valence-corrected chi connectivity index (χ3v) is 2.87. The number of hydrogen-bond donors (Lipinski definition) is 1. The maximum Gasteiger partial charge on any atom is 0.0466 e.